The number of hydrogen-bond donors (Lipinski definition) is 1. The summed E-state index contributed by atoms with van der Waals surface area (Å²) in [7, 11) is 1.68. The summed E-state index contributed by atoms with van der Waals surface area (Å²) in [6.07, 6.45) is 2.83. The number of fused-ring (bicyclic) bond motifs is 1. The number of benzene rings is 1. The first-order valence-electron chi connectivity index (χ1n) is 8.50. The molecule has 0 bridgehead atoms. The molecule has 0 amide bonds. The van der Waals surface area contributed by atoms with Gasteiger partial charge >= 0.3 is 0 Å². The first kappa shape index (κ1) is 15.1. The predicted molar refractivity (Wildman–Crippen MR) is 94.3 cm³/mol. The van der Waals surface area contributed by atoms with Crippen molar-refractivity contribution >= 4 is 11.6 Å². The fourth-order valence-corrected chi connectivity index (χ4v) is 3.55. The second-order valence-electron chi connectivity index (χ2n) is 6.34. The van der Waals surface area contributed by atoms with E-state index in [0.717, 1.165) is 68.4 Å². The summed E-state index contributed by atoms with van der Waals surface area (Å²) in [6, 6.07) is 8.15. The van der Waals surface area contributed by atoms with Crippen LogP contribution in [0.1, 0.15) is 17.7 Å². The van der Waals surface area contributed by atoms with E-state index >= 15 is 0 Å². The quantitative estimate of drug-likeness (QED) is 0.928. The largest absolute Gasteiger partial charge is 0.497 e. The first-order valence-corrected chi connectivity index (χ1v) is 8.50. The Hall–Kier alpha value is -2.50. The van der Waals surface area contributed by atoms with Crippen LogP contribution in [0.5, 0.6) is 5.75 Å². The van der Waals surface area contributed by atoms with Gasteiger partial charge in [-0.2, -0.15) is 0 Å². The number of H-pyrrole nitrogens is 1. The monoisotopic (exact) mass is 326 g/mol. The van der Waals surface area contributed by atoms with Crippen molar-refractivity contribution in [1.29, 1.82) is 0 Å². The van der Waals surface area contributed by atoms with E-state index in [1.807, 2.05) is 12.1 Å². The van der Waals surface area contributed by atoms with Gasteiger partial charge in [0.15, 0.2) is 0 Å². The van der Waals surface area contributed by atoms with E-state index in [0.29, 0.717) is 0 Å². The second kappa shape index (κ2) is 6.19. The summed E-state index contributed by atoms with van der Waals surface area (Å²) < 4.78 is 5.21. The highest BCUT2D eigenvalue weighted by Gasteiger charge is 2.22. The molecule has 1 N–H and O–H groups in total. The minimum absolute atomic E-state index is 0.0464. The van der Waals surface area contributed by atoms with Gasteiger partial charge in [-0.15, -0.1) is 0 Å². The molecule has 2 heterocycles. The molecule has 1 aliphatic carbocycles. The number of piperazine rings is 1. The molecule has 126 valence electrons. The Morgan fingerprint density at radius 1 is 1.04 bits per heavy atom. The smallest absolute Gasteiger partial charge is 0.255 e. The van der Waals surface area contributed by atoms with Crippen molar-refractivity contribution in [1.82, 2.24) is 9.97 Å². The second-order valence-corrected chi connectivity index (χ2v) is 6.34. The number of methoxy groups -OCH3 is 1. The molecule has 0 saturated carbocycles. The van der Waals surface area contributed by atoms with E-state index in [2.05, 4.69) is 26.9 Å². The Labute approximate surface area is 141 Å². The van der Waals surface area contributed by atoms with Crippen LogP contribution in [0.15, 0.2) is 29.1 Å². The highest BCUT2D eigenvalue weighted by Crippen LogP contribution is 2.22. The number of rotatable bonds is 3. The number of aryl methyl sites for hydroxylation is 1. The van der Waals surface area contributed by atoms with E-state index in [1.165, 1.54) is 5.69 Å². The third-order valence-corrected chi connectivity index (χ3v) is 4.95. The zero-order chi connectivity index (χ0) is 16.5. The molecule has 0 spiro atoms. The third kappa shape index (κ3) is 2.72. The number of aromatic nitrogens is 2. The highest BCUT2D eigenvalue weighted by atomic mass is 16.5. The lowest BCUT2D eigenvalue weighted by Gasteiger charge is -2.36. The van der Waals surface area contributed by atoms with Crippen molar-refractivity contribution in [2.75, 3.05) is 43.1 Å². The zero-order valence-corrected chi connectivity index (χ0v) is 13.9. The number of nitrogens with one attached hydrogen (secondary N) is 1. The lowest BCUT2D eigenvalue weighted by atomic mass is 10.2. The molecular weight excluding hydrogens is 304 g/mol. The maximum atomic E-state index is 12.2. The molecule has 1 fully saturated rings. The number of nitrogens with zero attached hydrogens (tertiary/aromatic N) is 3. The fraction of sp³-hybridized carbons (Fsp3) is 0.444. The highest BCUT2D eigenvalue weighted by molar-refractivity contribution is 5.50. The van der Waals surface area contributed by atoms with Gasteiger partial charge in [0.1, 0.15) is 5.75 Å². The zero-order valence-electron chi connectivity index (χ0n) is 13.9. The van der Waals surface area contributed by atoms with E-state index < -0.39 is 0 Å². The third-order valence-electron chi connectivity index (χ3n) is 4.95. The van der Waals surface area contributed by atoms with Crippen LogP contribution in [0.25, 0.3) is 0 Å². The molecule has 24 heavy (non-hydrogen) atoms. The lowest BCUT2D eigenvalue weighted by molar-refractivity contribution is 0.415. The molecule has 6 heteroatoms. The van der Waals surface area contributed by atoms with Crippen LogP contribution in [0.4, 0.5) is 11.6 Å². The molecule has 1 aromatic heterocycles. The maximum absolute atomic E-state index is 12.2. The SMILES string of the molecule is COc1ccc(N2CCN(c3nc4c(c(=O)[nH]3)CCC4)CC2)cc1. The van der Waals surface area contributed by atoms with Crippen LogP contribution >= 0.6 is 0 Å². The Kier molecular flexibility index (Phi) is 3.88. The summed E-state index contributed by atoms with van der Waals surface area (Å²) in [4.78, 5) is 24.4. The summed E-state index contributed by atoms with van der Waals surface area (Å²) >= 11 is 0. The van der Waals surface area contributed by atoms with Crippen LogP contribution in [-0.2, 0) is 12.8 Å². The topological polar surface area (TPSA) is 61.5 Å². The van der Waals surface area contributed by atoms with Crippen molar-refractivity contribution in [3.63, 3.8) is 0 Å². The number of aromatic amines is 1. The summed E-state index contributed by atoms with van der Waals surface area (Å²) in [5.74, 6) is 1.60. The maximum Gasteiger partial charge on any atom is 0.255 e. The number of hydrogen-bond acceptors (Lipinski definition) is 5. The fourth-order valence-electron chi connectivity index (χ4n) is 3.55. The minimum atomic E-state index is 0.0464. The number of ether oxygens (including phenoxy) is 1. The molecule has 0 unspecified atom stereocenters. The first-order chi connectivity index (χ1) is 11.7. The van der Waals surface area contributed by atoms with Crippen molar-refractivity contribution in [3.8, 4) is 5.75 Å². The summed E-state index contributed by atoms with van der Waals surface area (Å²) in [6.45, 7) is 3.53. The Morgan fingerprint density at radius 3 is 2.46 bits per heavy atom. The van der Waals surface area contributed by atoms with Crippen LogP contribution in [0, 0.1) is 0 Å². The molecule has 1 aromatic carbocycles. The summed E-state index contributed by atoms with van der Waals surface area (Å²) in [5, 5.41) is 0. The van der Waals surface area contributed by atoms with Crippen LogP contribution in [0.3, 0.4) is 0 Å². The Bertz CT molecular complexity index is 777. The van der Waals surface area contributed by atoms with Gasteiger partial charge in [-0.25, -0.2) is 4.98 Å². The lowest BCUT2D eigenvalue weighted by Crippen LogP contribution is -2.47. The normalized spacial score (nSPS) is 17.0. The average Bonchev–Trinajstić information content (AvgIpc) is 3.11. The molecule has 2 aliphatic rings. The van der Waals surface area contributed by atoms with Crippen molar-refractivity contribution in [3.05, 3.63) is 45.9 Å². The van der Waals surface area contributed by atoms with Crippen molar-refractivity contribution < 1.29 is 4.74 Å². The average molecular weight is 326 g/mol. The van der Waals surface area contributed by atoms with Crippen LogP contribution in [-0.4, -0.2) is 43.3 Å². The van der Waals surface area contributed by atoms with Gasteiger partial charge in [-0.05, 0) is 43.5 Å². The molecule has 1 saturated heterocycles. The van der Waals surface area contributed by atoms with Crippen LogP contribution < -0.4 is 20.1 Å². The molecule has 0 radical (unpaired) electrons. The molecule has 6 nitrogen and oxygen atoms in total. The van der Waals surface area contributed by atoms with Gasteiger partial charge in [0, 0.05) is 37.4 Å². The van der Waals surface area contributed by atoms with Gasteiger partial charge in [0.25, 0.3) is 5.56 Å². The number of anilines is 2. The minimum Gasteiger partial charge on any atom is -0.497 e. The van der Waals surface area contributed by atoms with Gasteiger partial charge < -0.3 is 14.5 Å². The van der Waals surface area contributed by atoms with Gasteiger partial charge in [-0.3, -0.25) is 9.78 Å². The van der Waals surface area contributed by atoms with Crippen molar-refractivity contribution in [2.24, 2.45) is 0 Å². The molecular formula is C18H22N4O2. The molecule has 2 aromatic rings. The Morgan fingerprint density at radius 2 is 1.75 bits per heavy atom. The molecule has 0 atom stereocenters. The Balaban J connectivity index is 1.46. The molecule has 1 aliphatic heterocycles. The predicted octanol–water partition coefficient (Wildman–Crippen LogP) is 1.59. The van der Waals surface area contributed by atoms with E-state index in [1.54, 1.807) is 7.11 Å². The van der Waals surface area contributed by atoms with Gasteiger partial charge in [-0.1, -0.05) is 0 Å². The van der Waals surface area contributed by atoms with E-state index in [-0.39, 0.29) is 5.56 Å². The van der Waals surface area contributed by atoms with E-state index in [4.69, 9.17) is 9.72 Å². The van der Waals surface area contributed by atoms with Gasteiger partial charge in [0.05, 0.1) is 12.8 Å². The van der Waals surface area contributed by atoms with Crippen molar-refractivity contribution in [2.45, 2.75) is 19.3 Å². The van der Waals surface area contributed by atoms with E-state index in [9.17, 15) is 4.79 Å². The van der Waals surface area contributed by atoms with Crippen LogP contribution in [0.2, 0.25) is 0 Å². The van der Waals surface area contributed by atoms with Gasteiger partial charge in [0.2, 0.25) is 5.95 Å². The standard InChI is InChI=1S/C18H22N4O2/c1-24-14-7-5-13(6-8-14)21-9-11-22(12-10-21)18-19-16-4-2-3-15(16)17(23)20-18/h5-8H,2-4,9-12H2,1H3,(H,19,20,23). The molecule has 4 rings (SSSR count). The summed E-state index contributed by atoms with van der Waals surface area (Å²) in [5.41, 5.74) is 3.12.